The second-order valence-corrected chi connectivity index (χ2v) is 4.07. The molecular formula is C13H9ClN2O3. The summed E-state index contributed by atoms with van der Waals surface area (Å²) < 4.78 is 0. The first-order valence-corrected chi connectivity index (χ1v) is 5.70. The van der Waals surface area contributed by atoms with Crippen LogP contribution in [0.3, 0.4) is 0 Å². The van der Waals surface area contributed by atoms with E-state index in [1.54, 1.807) is 12.1 Å². The second kappa shape index (κ2) is 5.49. The lowest BCUT2D eigenvalue weighted by molar-refractivity contribution is 0.0692. The van der Waals surface area contributed by atoms with Crippen LogP contribution in [0.5, 0.6) is 0 Å². The van der Waals surface area contributed by atoms with Crippen molar-refractivity contribution in [2.24, 2.45) is 0 Å². The van der Waals surface area contributed by atoms with E-state index in [0.717, 1.165) is 0 Å². The number of nitrogens with zero attached hydrogens (tertiary/aromatic N) is 1. The normalized spacial score (nSPS) is 9.95. The first kappa shape index (κ1) is 13.0. The van der Waals surface area contributed by atoms with Gasteiger partial charge in [0.25, 0.3) is 5.91 Å². The van der Waals surface area contributed by atoms with E-state index in [0.29, 0.717) is 10.7 Å². The molecule has 0 aliphatic carbocycles. The van der Waals surface area contributed by atoms with E-state index in [9.17, 15) is 9.59 Å². The zero-order valence-corrected chi connectivity index (χ0v) is 10.4. The van der Waals surface area contributed by atoms with Gasteiger partial charge < -0.3 is 10.4 Å². The molecule has 19 heavy (non-hydrogen) atoms. The Labute approximate surface area is 113 Å². The third-order valence-corrected chi connectivity index (χ3v) is 2.75. The average Bonchev–Trinajstić information content (AvgIpc) is 2.41. The summed E-state index contributed by atoms with van der Waals surface area (Å²) in [7, 11) is 0. The van der Waals surface area contributed by atoms with Gasteiger partial charge in [0.15, 0.2) is 0 Å². The van der Waals surface area contributed by atoms with Crippen LogP contribution in [0.4, 0.5) is 5.69 Å². The number of carboxylic acid groups (broad SMARTS) is 1. The SMILES string of the molecule is O=C(O)c1ccccc1C(=O)Nc1cnccc1Cl. The van der Waals surface area contributed by atoms with E-state index < -0.39 is 11.9 Å². The van der Waals surface area contributed by atoms with Crippen LogP contribution >= 0.6 is 11.6 Å². The number of nitrogens with one attached hydrogen (secondary N) is 1. The number of carbonyl (C=O) groups is 2. The molecule has 0 saturated heterocycles. The Hall–Kier alpha value is -2.40. The molecule has 0 unspecified atom stereocenters. The predicted molar refractivity (Wildman–Crippen MR) is 70.6 cm³/mol. The van der Waals surface area contributed by atoms with Crippen molar-refractivity contribution < 1.29 is 14.7 Å². The van der Waals surface area contributed by atoms with Crippen LogP contribution in [0, 0.1) is 0 Å². The van der Waals surface area contributed by atoms with Gasteiger partial charge in [-0.1, -0.05) is 23.7 Å². The summed E-state index contributed by atoms with van der Waals surface area (Å²) in [6.45, 7) is 0. The van der Waals surface area contributed by atoms with Crippen molar-refractivity contribution in [3.63, 3.8) is 0 Å². The summed E-state index contributed by atoms with van der Waals surface area (Å²) in [6, 6.07) is 7.47. The van der Waals surface area contributed by atoms with E-state index in [4.69, 9.17) is 16.7 Å². The minimum Gasteiger partial charge on any atom is -0.478 e. The number of pyridine rings is 1. The van der Waals surface area contributed by atoms with E-state index in [1.807, 2.05) is 0 Å². The minimum absolute atomic E-state index is 0.0647. The largest absolute Gasteiger partial charge is 0.478 e. The van der Waals surface area contributed by atoms with E-state index in [1.165, 1.54) is 30.6 Å². The van der Waals surface area contributed by atoms with Crippen molar-refractivity contribution in [3.05, 3.63) is 58.9 Å². The highest BCUT2D eigenvalue weighted by molar-refractivity contribution is 6.33. The molecule has 2 N–H and O–H groups in total. The number of carboxylic acids is 1. The molecule has 0 spiro atoms. The monoisotopic (exact) mass is 276 g/mol. The van der Waals surface area contributed by atoms with Crippen LogP contribution in [0.2, 0.25) is 5.02 Å². The van der Waals surface area contributed by atoms with E-state index in [2.05, 4.69) is 10.3 Å². The average molecular weight is 277 g/mol. The molecule has 0 saturated carbocycles. The van der Waals surface area contributed by atoms with E-state index in [-0.39, 0.29) is 11.1 Å². The number of hydrogen-bond donors (Lipinski definition) is 2. The molecule has 96 valence electrons. The Balaban J connectivity index is 2.31. The maximum Gasteiger partial charge on any atom is 0.336 e. The molecule has 0 radical (unpaired) electrons. The van der Waals surface area contributed by atoms with Gasteiger partial charge in [-0.2, -0.15) is 0 Å². The number of hydrogen-bond acceptors (Lipinski definition) is 3. The van der Waals surface area contributed by atoms with Gasteiger partial charge in [-0.25, -0.2) is 4.79 Å². The van der Waals surface area contributed by atoms with Gasteiger partial charge in [-0.05, 0) is 18.2 Å². The molecule has 0 fully saturated rings. The van der Waals surface area contributed by atoms with Gasteiger partial charge in [0.1, 0.15) is 0 Å². The smallest absolute Gasteiger partial charge is 0.336 e. The Kier molecular flexibility index (Phi) is 3.77. The van der Waals surface area contributed by atoms with Crippen molar-refractivity contribution in [2.45, 2.75) is 0 Å². The Bertz CT molecular complexity index is 643. The highest BCUT2D eigenvalue weighted by Crippen LogP contribution is 2.20. The summed E-state index contributed by atoms with van der Waals surface area (Å²) in [6.07, 6.45) is 2.88. The molecule has 0 bridgehead atoms. The maximum absolute atomic E-state index is 12.0. The van der Waals surface area contributed by atoms with Crippen molar-refractivity contribution in [2.75, 3.05) is 5.32 Å². The van der Waals surface area contributed by atoms with Gasteiger partial charge in [0.2, 0.25) is 0 Å². The van der Waals surface area contributed by atoms with Crippen LogP contribution in [0.25, 0.3) is 0 Å². The fraction of sp³-hybridized carbons (Fsp3) is 0. The molecule has 1 amide bonds. The summed E-state index contributed by atoms with van der Waals surface area (Å²) in [5.41, 5.74) is 0.323. The zero-order valence-electron chi connectivity index (χ0n) is 9.63. The van der Waals surface area contributed by atoms with E-state index >= 15 is 0 Å². The number of aromatic carboxylic acids is 1. The number of anilines is 1. The fourth-order valence-electron chi connectivity index (χ4n) is 1.53. The molecule has 2 rings (SSSR count). The number of aromatic nitrogens is 1. The van der Waals surface area contributed by atoms with Crippen LogP contribution in [-0.4, -0.2) is 22.0 Å². The molecule has 1 aromatic carbocycles. The Morgan fingerprint density at radius 2 is 1.84 bits per heavy atom. The number of rotatable bonds is 3. The summed E-state index contributed by atoms with van der Waals surface area (Å²) in [5, 5.41) is 11.9. The number of carbonyl (C=O) groups excluding carboxylic acids is 1. The van der Waals surface area contributed by atoms with Gasteiger partial charge >= 0.3 is 5.97 Å². The number of benzene rings is 1. The highest BCUT2D eigenvalue weighted by Gasteiger charge is 2.16. The predicted octanol–water partition coefficient (Wildman–Crippen LogP) is 2.69. The van der Waals surface area contributed by atoms with Crippen molar-refractivity contribution in [1.29, 1.82) is 0 Å². The van der Waals surface area contributed by atoms with Gasteiger partial charge in [-0.15, -0.1) is 0 Å². The Morgan fingerprint density at radius 1 is 1.16 bits per heavy atom. The van der Waals surface area contributed by atoms with Crippen molar-refractivity contribution in [3.8, 4) is 0 Å². The third kappa shape index (κ3) is 2.89. The van der Waals surface area contributed by atoms with Gasteiger partial charge in [-0.3, -0.25) is 9.78 Å². The van der Waals surface area contributed by atoms with Gasteiger partial charge in [0.05, 0.1) is 28.0 Å². The fourth-order valence-corrected chi connectivity index (χ4v) is 1.68. The second-order valence-electron chi connectivity index (χ2n) is 3.66. The lowest BCUT2D eigenvalue weighted by atomic mass is 10.1. The lowest BCUT2D eigenvalue weighted by Gasteiger charge is -2.08. The van der Waals surface area contributed by atoms with Crippen LogP contribution in [0.15, 0.2) is 42.7 Å². The van der Waals surface area contributed by atoms with Crippen LogP contribution in [0.1, 0.15) is 20.7 Å². The number of halogens is 1. The minimum atomic E-state index is -1.16. The first-order chi connectivity index (χ1) is 9.09. The van der Waals surface area contributed by atoms with Crippen molar-refractivity contribution in [1.82, 2.24) is 4.98 Å². The van der Waals surface area contributed by atoms with Crippen LogP contribution < -0.4 is 5.32 Å². The lowest BCUT2D eigenvalue weighted by Crippen LogP contribution is -2.16. The summed E-state index contributed by atoms with van der Waals surface area (Å²) in [4.78, 5) is 26.9. The summed E-state index contributed by atoms with van der Waals surface area (Å²) >= 11 is 5.89. The zero-order chi connectivity index (χ0) is 13.8. The molecule has 0 aliphatic rings. The first-order valence-electron chi connectivity index (χ1n) is 5.33. The molecular weight excluding hydrogens is 268 g/mol. The third-order valence-electron chi connectivity index (χ3n) is 2.42. The molecule has 1 aromatic heterocycles. The summed E-state index contributed by atoms with van der Waals surface area (Å²) in [5.74, 6) is -1.71. The Morgan fingerprint density at radius 3 is 2.47 bits per heavy atom. The maximum atomic E-state index is 12.0. The molecule has 0 atom stereocenters. The topological polar surface area (TPSA) is 79.3 Å². The highest BCUT2D eigenvalue weighted by atomic mass is 35.5. The number of amides is 1. The quantitative estimate of drug-likeness (QED) is 0.903. The molecule has 1 heterocycles. The standard InChI is InChI=1S/C13H9ClN2O3/c14-10-5-6-15-7-11(10)16-12(17)8-3-1-2-4-9(8)13(18)19/h1-7H,(H,16,17)(H,18,19). The molecule has 5 nitrogen and oxygen atoms in total. The van der Waals surface area contributed by atoms with Crippen molar-refractivity contribution >= 4 is 29.2 Å². The molecule has 0 aliphatic heterocycles. The van der Waals surface area contributed by atoms with Gasteiger partial charge in [0, 0.05) is 6.20 Å². The molecule has 6 heteroatoms. The molecule has 2 aromatic rings. The van der Waals surface area contributed by atoms with Crippen LogP contribution in [-0.2, 0) is 0 Å².